The molecule has 0 radical (unpaired) electrons. The van der Waals surface area contributed by atoms with Crippen molar-refractivity contribution >= 4 is 15.6 Å². The van der Waals surface area contributed by atoms with Crippen LogP contribution in [0.5, 0.6) is 0 Å². The molecule has 0 fully saturated rings. The van der Waals surface area contributed by atoms with Crippen LogP contribution in [0.15, 0.2) is 48.8 Å². The fourth-order valence-corrected chi connectivity index (χ4v) is 1.07. The van der Waals surface area contributed by atoms with Crippen LogP contribution in [-0.2, 0) is 9.13 Å². The average Bonchev–Trinajstić information content (AvgIpc) is 2.37. The Morgan fingerprint density at radius 2 is 1.45 bits per heavy atom. The van der Waals surface area contributed by atoms with Gasteiger partial charge in [-0.1, -0.05) is 6.07 Å². The molecule has 0 aromatic carbocycles. The van der Waals surface area contributed by atoms with E-state index in [4.69, 9.17) is 38.5 Å². The van der Waals surface area contributed by atoms with Gasteiger partial charge in [-0.3, -0.25) is 4.57 Å². The van der Waals surface area contributed by atoms with Crippen LogP contribution in [0.3, 0.4) is 0 Å². The number of rotatable bonds is 1. The van der Waals surface area contributed by atoms with Crippen molar-refractivity contribution in [3.63, 3.8) is 0 Å². The highest BCUT2D eigenvalue weighted by Crippen LogP contribution is 2.25. The summed E-state index contributed by atoms with van der Waals surface area (Å²) in [6, 6.07) is 11.8. The number of nitrogens with zero attached hydrogens (tertiary/aromatic N) is 1. The summed E-state index contributed by atoms with van der Waals surface area (Å²) in [5, 5.41) is 0. The van der Waals surface area contributed by atoms with Crippen LogP contribution in [-0.4, -0.2) is 29.5 Å². The maximum Gasteiger partial charge on any atom is 0.466 e. The van der Waals surface area contributed by atoms with Gasteiger partial charge in [-0.2, -0.15) is 0 Å². The third-order valence-electron chi connectivity index (χ3n) is 1.65. The number of hydrogen-bond acceptors (Lipinski definition) is 4. The number of aromatic amines is 1. The molecule has 0 amide bonds. The third kappa shape index (κ3) is 16.6. The van der Waals surface area contributed by atoms with Crippen molar-refractivity contribution in [3.8, 4) is 11.4 Å². The summed E-state index contributed by atoms with van der Waals surface area (Å²) in [5.74, 6) is 0. The molecule has 0 unspecified atom stereocenters. The van der Waals surface area contributed by atoms with E-state index < -0.39 is 15.6 Å². The maximum absolute atomic E-state index is 8.88. The summed E-state index contributed by atoms with van der Waals surface area (Å²) in [5.41, 5.74) is 2.01. The van der Waals surface area contributed by atoms with Gasteiger partial charge in [0.2, 0.25) is 5.69 Å². The minimum absolute atomic E-state index is 0.970. The van der Waals surface area contributed by atoms with Crippen molar-refractivity contribution in [2.45, 2.75) is 0 Å². The number of aromatic nitrogens is 2. The molecule has 12 heteroatoms. The molecule has 0 atom stereocenters. The molecule has 0 saturated carbocycles. The topological polar surface area (TPSA) is 185 Å². The fraction of sp³-hybridized carbons (Fsp3) is 0. The van der Waals surface area contributed by atoms with E-state index in [1.165, 1.54) is 0 Å². The van der Waals surface area contributed by atoms with E-state index in [0.29, 0.717) is 0 Å². The van der Waals surface area contributed by atoms with Crippen molar-refractivity contribution in [2.24, 2.45) is 0 Å². The Morgan fingerprint density at radius 3 is 1.82 bits per heavy atom. The zero-order valence-electron chi connectivity index (χ0n) is 10.9. The van der Waals surface area contributed by atoms with E-state index in [1.807, 2.05) is 42.6 Å². The molecular weight excluding hydrogens is 338 g/mol. The second-order valence-corrected chi connectivity index (χ2v) is 5.50. The predicted octanol–water partition coefficient (Wildman–Crippen LogP) is -0.927. The Labute approximate surface area is 125 Å². The predicted molar refractivity (Wildman–Crippen MR) is 72.5 cm³/mol. The SMILES string of the molecule is O=P(O)(O)O.O=P([O-])(O)O.c1ccc(-c2cccc[nH+]2)nc1. The number of H-pyrrole nitrogens is 1. The second kappa shape index (κ2) is 9.52. The lowest BCUT2D eigenvalue weighted by atomic mass is 10.2. The van der Waals surface area contributed by atoms with E-state index in [-0.39, 0.29) is 0 Å². The molecule has 0 saturated heterocycles. The lowest BCUT2D eigenvalue weighted by Gasteiger charge is -2.01. The van der Waals surface area contributed by atoms with Gasteiger partial charge >= 0.3 is 7.82 Å². The van der Waals surface area contributed by atoms with E-state index in [2.05, 4.69) is 9.97 Å². The highest BCUT2D eigenvalue weighted by atomic mass is 31.2. The lowest BCUT2D eigenvalue weighted by Crippen LogP contribution is -2.04. The molecule has 10 nitrogen and oxygen atoms in total. The van der Waals surface area contributed by atoms with Crippen molar-refractivity contribution in [3.05, 3.63) is 48.8 Å². The smallest absolute Gasteiger partial charge is 0.466 e. The largest absolute Gasteiger partial charge is 0.756 e. The lowest BCUT2D eigenvalue weighted by molar-refractivity contribution is -0.364. The van der Waals surface area contributed by atoms with Crippen LogP contribution >= 0.6 is 15.6 Å². The van der Waals surface area contributed by atoms with E-state index in [1.54, 1.807) is 6.20 Å². The maximum atomic E-state index is 8.88. The van der Waals surface area contributed by atoms with Crippen molar-refractivity contribution in [1.29, 1.82) is 0 Å². The molecule has 2 rings (SSSR count). The van der Waals surface area contributed by atoms with E-state index in [9.17, 15) is 0 Å². The molecule has 0 aliphatic rings. The number of phosphoric acid groups is 2. The summed E-state index contributed by atoms with van der Waals surface area (Å²) in [6.45, 7) is 0. The highest BCUT2D eigenvalue weighted by molar-refractivity contribution is 7.45. The first kappa shape index (κ1) is 20.5. The first-order chi connectivity index (χ1) is 9.97. The van der Waals surface area contributed by atoms with Gasteiger partial charge in [0.25, 0.3) is 7.82 Å². The summed E-state index contributed by atoms with van der Waals surface area (Å²) in [7, 11) is -9.53. The Hall–Kier alpha value is -1.48. The molecule has 22 heavy (non-hydrogen) atoms. The van der Waals surface area contributed by atoms with Crippen molar-refractivity contribution in [1.82, 2.24) is 4.98 Å². The molecule has 6 N–H and O–H groups in total. The van der Waals surface area contributed by atoms with Gasteiger partial charge in [0.15, 0.2) is 6.20 Å². The molecule has 2 aromatic heterocycles. The second-order valence-electron chi connectivity index (χ2n) is 3.50. The Morgan fingerprint density at radius 1 is 0.955 bits per heavy atom. The molecule has 0 aliphatic carbocycles. The monoisotopic (exact) mass is 352 g/mol. The van der Waals surface area contributed by atoms with Crippen molar-refractivity contribution < 1.29 is 43.5 Å². The van der Waals surface area contributed by atoms with Gasteiger partial charge in [0.05, 0.1) is 0 Å². The standard InChI is InChI=1S/C10H8N2.2H3O4P/c1-3-7-11-9(5-1)10-6-2-4-8-12-10;2*1-5(2,3)4/h1-8H;2*(H3,1,2,3,4). The van der Waals surface area contributed by atoms with Crippen LogP contribution in [0.1, 0.15) is 0 Å². The third-order valence-corrected chi connectivity index (χ3v) is 1.65. The molecule has 122 valence electrons. The molecule has 0 spiro atoms. The number of nitrogens with one attached hydrogen (secondary N) is 1. The van der Waals surface area contributed by atoms with Crippen LogP contribution in [0.2, 0.25) is 0 Å². The van der Waals surface area contributed by atoms with Gasteiger partial charge in [-0.05, 0) is 18.2 Å². The summed E-state index contributed by atoms with van der Waals surface area (Å²) >= 11 is 0. The van der Waals surface area contributed by atoms with Gasteiger partial charge in [-0.15, -0.1) is 0 Å². The normalized spacial score (nSPS) is 10.6. The van der Waals surface area contributed by atoms with Gasteiger partial charge in [-0.25, -0.2) is 14.5 Å². The Bertz CT molecular complexity index is 554. The van der Waals surface area contributed by atoms with Crippen LogP contribution in [0.25, 0.3) is 11.4 Å². The molecular formula is C10H14N2O8P2. The molecule has 2 aromatic rings. The number of pyridine rings is 2. The first-order valence-electron chi connectivity index (χ1n) is 5.40. The first-order valence-corrected chi connectivity index (χ1v) is 8.49. The van der Waals surface area contributed by atoms with E-state index in [0.717, 1.165) is 11.4 Å². The van der Waals surface area contributed by atoms with Crippen LogP contribution in [0, 0.1) is 0 Å². The highest BCUT2D eigenvalue weighted by Gasteiger charge is 2.02. The van der Waals surface area contributed by atoms with Gasteiger partial charge < -0.3 is 29.4 Å². The zero-order valence-corrected chi connectivity index (χ0v) is 12.7. The van der Waals surface area contributed by atoms with Gasteiger partial charge in [0, 0.05) is 18.3 Å². The average molecular weight is 352 g/mol. The minimum Gasteiger partial charge on any atom is -0.756 e. The van der Waals surface area contributed by atoms with Crippen LogP contribution < -0.4 is 9.88 Å². The quantitative estimate of drug-likeness (QED) is 0.404. The fourth-order valence-electron chi connectivity index (χ4n) is 1.07. The Kier molecular flexibility index (Phi) is 8.88. The zero-order chi connectivity index (χ0) is 17.2. The van der Waals surface area contributed by atoms with Gasteiger partial charge in [0.1, 0.15) is 5.69 Å². The van der Waals surface area contributed by atoms with Crippen molar-refractivity contribution in [2.75, 3.05) is 0 Å². The molecule has 0 aliphatic heterocycles. The number of hydrogen-bond donors (Lipinski definition) is 5. The summed E-state index contributed by atoms with van der Waals surface area (Å²) in [4.78, 5) is 51.8. The molecule has 2 heterocycles. The Balaban J connectivity index is 0.000000372. The summed E-state index contributed by atoms with van der Waals surface area (Å²) < 4.78 is 17.7. The van der Waals surface area contributed by atoms with E-state index >= 15 is 0 Å². The minimum atomic E-state index is -4.89. The van der Waals surface area contributed by atoms with Crippen LogP contribution in [0.4, 0.5) is 0 Å². The summed E-state index contributed by atoms with van der Waals surface area (Å²) in [6.07, 6.45) is 3.68. The molecule has 0 bridgehead atoms.